The Labute approximate surface area is 155 Å². The third kappa shape index (κ3) is 5.01. The third-order valence-corrected chi connectivity index (χ3v) is 5.55. The Morgan fingerprint density at radius 2 is 1.81 bits per heavy atom. The van der Waals surface area contributed by atoms with Gasteiger partial charge in [0, 0.05) is 26.2 Å². The van der Waals surface area contributed by atoms with Crippen LogP contribution in [0.2, 0.25) is 5.02 Å². The summed E-state index contributed by atoms with van der Waals surface area (Å²) in [6, 6.07) is 2.76. The van der Waals surface area contributed by atoms with Crippen LogP contribution in [0.3, 0.4) is 0 Å². The first-order chi connectivity index (χ1) is 11.9. The summed E-state index contributed by atoms with van der Waals surface area (Å²) < 4.78 is 64.0. The highest BCUT2D eigenvalue weighted by molar-refractivity contribution is 7.92. The van der Waals surface area contributed by atoms with E-state index in [2.05, 4.69) is 0 Å². The van der Waals surface area contributed by atoms with Crippen molar-refractivity contribution in [2.24, 2.45) is 0 Å². The summed E-state index contributed by atoms with van der Waals surface area (Å²) in [6.45, 7) is 1.58. The molecule has 0 bridgehead atoms. The van der Waals surface area contributed by atoms with Crippen LogP contribution in [0.25, 0.3) is 0 Å². The molecule has 0 aliphatic carbocycles. The van der Waals surface area contributed by atoms with Gasteiger partial charge in [-0.3, -0.25) is 9.10 Å². The summed E-state index contributed by atoms with van der Waals surface area (Å²) in [5, 5.41) is -0.542. The van der Waals surface area contributed by atoms with Gasteiger partial charge in [-0.25, -0.2) is 8.42 Å². The number of piperazine rings is 1. The van der Waals surface area contributed by atoms with E-state index in [1.165, 1.54) is 4.90 Å². The number of rotatable bonds is 4. The molecule has 1 saturated heterocycles. The normalized spacial score (nSPS) is 16.6. The van der Waals surface area contributed by atoms with Crippen LogP contribution in [0, 0.1) is 0 Å². The molecule has 11 heteroatoms. The molecule has 0 N–H and O–H groups in total. The molecule has 1 aliphatic rings. The Kier molecular flexibility index (Phi) is 6.09. The van der Waals surface area contributed by atoms with E-state index in [4.69, 9.17) is 11.6 Å². The summed E-state index contributed by atoms with van der Waals surface area (Å²) in [7, 11) is -2.07. The number of hydrogen-bond acceptors (Lipinski definition) is 4. The smallest absolute Gasteiger partial charge is 0.339 e. The average Bonchev–Trinajstić information content (AvgIpc) is 2.51. The zero-order valence-corrected chi connectivity index (χ0v) is 15.8. The number of amides is 1. The van der Waals surface area contributed by atoms with Crippen molar-refractivity contribution in [2.45, 2.75) is 6.18 Å². The van der Waals surface area contributed by atoms with Crippen molar-refractivity contribution in [1.29, 1.82) is 0 Å². The number of carbonyl (C=O) groups is 1. The lowest BCUT2D eigenvalue weighted by molar-refractivity contribution is -0.137. The van der Waals surface area contributed by atoms with Crippen molar-refractivity contribution in [3.8, 4) is 0 Å². The van der Waals surface area contributed by atoms with E-state index >= 15 is 0 Å². The summed E-state index contributed by atoms with van der Waals surface area (Å²) in [5.74, 6) is -0.466. The number of halogens is 4. The van der Waals surface area contributed by atoms with Gasteiger partial charge in [0.25, 0.3) is 0 Å². The first-order valence-electron chi connectivity index (χ1n) is 7.70. The molecule has 1 heterocycles. The average molecular weight is 414 g/mol. The van der Waals surface area contributed by atoms with Gasteiger partial charge in [-0.1, -0.05) is 11.6 Å². The van der Waals surface area contributed by atoms with E-state index in [0.717, 1.165) is 18.4 Å². The summed E-state index contributed by atoms with van der Waals surface area (Å²) in [4.78, 5) is 16.0. The Morgan fingerprint density at radius 3 is 2.31 bits per heavy atom. The molecule has 1 aromatic rings. The van der Waals surface area contributed by atoms with Gasteiger partial charge in [0.2, 0.25) is 15.9 Å². The molecule has 0 saturated carbocycles. The molecule has 1 amide bonds. The van der Waals surface area contributed by atoms with E-state index < -0.39 is 39.2 Å². The monoisotopic (exact) mass is 413 g/mol. The number of nitrogens with zero attached hydrogens (tertiary/aromatic N) is 3. The zero-order chi connectivity index (χ0) is 19.7. The van der Waals surface area contributed by atoms with Crippen molar-refractivity contribution in [3.63, 3.8) is 0 Å². The second-order valence-corrected chi connectivity index (χ2v) is 8.43. The van der Waals surface area contributed by atoms with Crippen molar-refractivity contribution in [3.05, 3.63) is 28.8 Å². The minimum absolute atomic E-state index is 0.258. The fourth-order valence-electron chi connectivity index (χ4n) is 2.56. The topological polar surface area (TPSA) is 60.9 Å². The van der Waals surface area contributed by atoms with Crippen molar-refractivity contribution in [2.75, 3.05) is 50.3 Å². The van der Waals surface area contributed by atoms with Crippen molar-refractivity contribution in [1.82, 2.24) is 9.80 Å². The van der Waals surface area contributed by atoms with Gasteiger partial charge >= 0.3 is 6.18 Å². The van der Waals surface area contributed by atoms with Gasteiger partial charge in [0.05, 0.1) is 22.5 Å². The number of alkyl halides is 3. The third-order valence-electron chi connectivity index (χ3n) is 4.08. The van der Waals surface area contributed by atoms with Crippen LogP contribution in [0.15, 0.2) is 18.2 Å². The molecule has 1 aromatic carbocycles. The van der Waals surface area contributed by atoms with Crippen molar-refractivity contribution < 1.29 is 26.4 Å². The largest absolute Gasteiger partial charge is 0.417 e. The summed E-state index contributed by atoms with van der Waals surface area (Å²) >= 11 is 5.57. The number of anilines is 1. The Hall–Kier alpha value is -1.52. The first kappa shape index (κ1) is 20.8. The molecule has 0 spiro atoms. The second kappa shape index (κ2) is 7.61. The molecule has 1 fully saturated rings. The summed E-state index contributed by atoms with van der Waals surface area (Å²) in [6.07, 6.45) is -3.90. The number of hydrogen-bond donors (Lipinski definition) is 0. The molecular weight excluding hydrogens is 395 g/mol. The minimum atomic E-state index is -4.74. The van der Waals surface area contributed by atoms with Crippen LogP contribution in [0.4, 0.5) is 18.9 Å². The minimum Gasteiger partial charge on any atom is -0.339 e. The highest BCUT2D eigenvalue weighted by Crippen LogP contribution is 2.37. The van der Waals surface area contributed by atoms with E-state index in [9.17, 15) is 26.4 Å². The van der Waals surface area contributed by atoms with Gasteiger partial charge in [-0.2, -0.15) is 13.2 Å². The molecule has 2 rings (SSSR count). The second-order valence-electron chi connectivity index (χ2n) is 6.12. The standard InChI is InChI=1S/C15H19ClF3N3O3S/c1-20-5-7-21(8-6-20)14(23)10-22(26(2,24)25)11-3-4-13(16)12(9-11)15(17,18)19/h3-4,9H,5-8,10H2,1-2H3. The zero-order valence-electron chi connectivity index (χ0n) is 14.3. The number of sulfonamides is 1. The van der Waals surface area contributed by atoms with E-state index in [-0.39, 0.29) is 5.69 Å². The lowest BCUT2D eigenvalue weighted by Crippen LogP contribution is -2.50. The van der Waals surface area contributed by atoms with Gasteiger partial charge in [-0.15, -0.1) is 0 Å². The van der Waals surface area contributed by atoms with Crippen LogP contribution in [-0.4, -0.2) is 70.2 Å². The quantitative estimate of drug-likeness (QED) is 0.756. The maximum Gasteiger partial charge on any atom is 0.417 e. The molecule has 146 valence electrons. The molecule has 0 radical (unpaired) electrons. The molecule has 1 aliphatic heterocycles. The lowest BCUT2D eigenvalue weighted by Gasteiger charge is -2.34. The van der Waals surface area contributed by atoms with Gasteiger partial charge in [-0.05, 0) is 25.2 Å². The highest BCUT2D eigenvalue weighted by Gasteiger charge is 2.35. The highest BCUT2D eigenvalue weighted by atomic mass is 35.5. The van der Waals surface area contributed by atoms with E-state index in [1.54, 1.807) is 0 Å². The SMILES string of the molecule is CN1CCN(C(=O)CN(c2ccc(Cl)c(C(F)(F)F)c2)S(C)(=O)=O)CC1. The fourth-order valence-corrected chi connectivity index (χ4v) is 3.63. The number of carbonyl (C=O) groups excluding carboxylic acids is 1. The van der Waals surface area contributed by atoms with E-state index in [1.807, 2.05) is 11.9 Å². The maximum atomic E-state index is 13.0. The molecule has 6 nitrogen and oxygen atoms in total. The van der Waals surface area contributed by atoms with Gasteiger partial charge in [0.1, 0.15) is 6.54 Å². The van der Waals surface area contributed by atoms with Gasteiger partial charge < -0.3 is 9.80 Å². The predicted octanol–water partition coefficient (Wildman–Crippen LogP) is 1.90. The Bertz CT molecular complexity index is 778. The molecule has 26 heavy (non-hydrogen) atoms. The van der Waals surface area contributed by atoms with Crippen LogP contribution in [0.1, 0.15) is 5.56 Å². The molecule has 0 unspecified atom stereocenters. The van der Waals surface area contributed by atoms with Crippen LogP contribution in [-0.2, 0) is 21.0 Å². The Balaban J connectivity index is 2.30. The van der Waals surface area contributed by atoms with Crippen molar-refractivity contribution >= 4 is 33.2 Å². The molecular formula is C15H19ClF3N3O3S. The van der Waals surface area contributed by atoms with Crippen LogP contribution < -0.4 is 4.31 Å². The maximum absolute atomic E-state index is 13.0. The molecule has 0 atom stereocenters. The van der Waals surface area contributed by atoms with Crippen LogP contribution in [0.5, 0.6) is 0 Å². The van der Waals surface area contributed by atoms with E-state index in [0.29, 0.717) is 36.6 Å². The van der Waals surface area contributed by atoms with Crippen LogP contribution >= 0.6 is 11.6 Å². The number of likely N-dealkylation sites (N-methyl/N-ethyl adjacent to an activating group) is 1. The summed E-state index contributed by atoms with van der Waals surface area (Å²) in [5.41, 5.74) is -1.41. The molecule has 0 aromatic heterocycles. The first-order valence-corrected chi connectivity index (χ1v) is 9.93. The lowest BCUT2D eigenvalue weighted by atomic mass is 10.2. The fraction of sp³-hybridized carbons (Fsp3) is 0.533. The Morgan fingerprint density at radius 1 is 1.23 bits per heavy atom. The number of benzene rings is 1. The van der Waals surface area contributed by atoms with Gasteiger partial charge in [0.15, 0.2) is 0 Å². The predicted molar refractivity (Wildman–Crippen MR) is 92.7 cm³/mol.